The van der Waals surface area contributed by atoms with Crippen LogP contribution in [0.25, 0.3) is 10.9 Å². The first-order valence-electron chi connectivity index (χ1n) is 6.94. The second-order valence-corrected chi connectivity index (χ2v) is 5.96. The van der Waals surface area contributed by atoms with E-state index in [9.17, 15) is 18.3 Å². The zero-order chi connectivity index (χ0) is 15.2. The average Bonchev–Trinajstić information content (AvgIpc) is 2.97. The van der Waals surface area contributed by atoms with Gasteiger partial charge in [-0.1, -0.05) is 0 Å². The molecule has 6 heteroatoms. The fourth-order valence-corrected chi connectivity index (χ4v) is 2.93. The molecule has 1 atom stereocenters. The van der Waals surface area contributed by atoms with Gasteiger partial charge in [-0.3, -0.25) is 4.90 Å². The van der Waals surface area contributed by atoms with Crippen LogP contribution in [0.5, 0.6) is 0 Å². The molecule has 3 rings (SSSR count). The van der Waals surface area contributed by atoms with E-state index in [0.717, 1.165) is 12.6 Å². The van der Waals surface area contributed by atoms with E-state index >= 15 is 0 Å². The normalized spacial score (nSPS) is 23.3. The molecule has 1 N–H and O–H groups in total. The van der Waals surface area contributed by atoms with Crippen molar-refractivity contribution in [3.63, 3.8) is 0 Å². The van der Waals surface area contributed by atoms with Crippen molar-refractivity contribution in [2.24, 2.45) is 0 Å². The van der Waals surface area contributed by atoms with E-state index in [2.05, 4.69) is 4.90 Å². The van der Waals surface area contributed by atoms with Gasteiger partial charge in [-0.25, -0.2) is 13.2 Å². The first-order chi connectivity index (χ1) is 9.87. The number of β-amino-alcohol motifs (C(OH)–C–C–N with tert-alkyl or cyclic N) is 1. The molecule has 1 aromatic carbocycles. The molecule has 1 aliphatic heterocycles. The number of fused-ring (bicyclic) bond motifs is 1. The van der Waals surface area contributed by atoms with Crippen molar-refractivity contribution in [3.05, 3.63) is 35.8 Å². The number of halogens is 3. The molecule has 1 unspecified atom stereocenters. The highest BCUT2D eigenvalue weighted by atomic mass is 19.2. The first kappa shape index (κ1) is 14.4. The van der Waals surface area contributed by atoms with E-state index in [1.165, 1.54) is 0 Å². The van der Waals surface area contributed by atoms with Gasteiger partial charge in [0.1, 0.15) is 0 Å². The van der Waals surface area contributed by atoms with Crippen molar-refractivity contribution in [1.29, 1.82) is 0 Å². The summed E-state index contributed by atoms with van der Waals surface area (Å²) >= 11 is 0. The summed E-state index contributed by atoms with van der Waals surface area (Å²) in [7, 11) is 0. The Morgan fingerprint density at radius 1 is 1.24 bits per heavy atom. The number of nitrogens with zero attached hydrogens (tertiary/aromatic N) is 2. The molecule has 0 spiro atoms. The fraction of sp³-hybridized carbons (Fsp3) is 0.467. The number of benzene rings is 1. The third kappa shape index (κ3) is 2.65. The third-order valence-corrected chi connectivity index (χ3v) is 4.08. The average molecular weight is 298 g/mol. The van der Waals surface area contributed by atoms with Gasteiger partial charge in [-0.15, -0.1) is 0 Å². The van der Waals surface area contributed by atoms with Crippen molar-refractivity contribution in [2.75, 3.05) is 19.6 Å². The van der Waals surface area contributed by atoms with Gasteiger partial charge in [0.2, 0.25) is 0 Å². The second kappa shape index (κ2) is 5.03. The van der Waals surface area contributed by atoms with Crippen molar-refractivity contribution in [2.45, 2.75) is 25.5 Å². The smallest absolute Gasteiger partial charge is 0.196 e. The van der Waals surface area contributed by atoms with Gasteiger partial charge in [0.25, 0.3) is 0 Å². The summed E-state index contributed by atoms with van der Waals surface area (Å²) in [5.41, 5.74) is -0.598. The Kier molecular flexibility index (Phi) is 3.45. The lowest BCUT2D eigenvalue weighted by molar-refractivity contribution is 0.0684. The number of aromatic nitrogens is 1. The van der Waals surface area contributed by atoms with E-state index in [-0.39, 0.29) is 5.52 Å². The van der Waals surface area contributed by atoms with Crippen molar-refractivity contribution in [3.8, 4) is 0 Å². The first-order valence-corrected chi connectivity index (χ1v) is 6.94. The van der Waals surface area contributed by atoms with E-state index < -0.39 is 23.1 Å². The molecule has 2 heterocycles. The Morgan fingerprint density at radius 2 is 2.00 bits per heavy atom. The van der Waals surface area contributed by atoms with Gasteiger partial charge in [-0.2, -0.15) is 0 Å². The van der Waals surface area contributed by atoms with Crippen molar-refractivity contribution in [1.82, 2.24) is 9.47 Å². The molecule has 1 aromatic heterocycles. The Bertz CT molecular complexity index is 681. The lowest BCUT2D eigenvalue weighted by atomic mass is 10.1. The third-order valence-electron chi connectivity index (χ3n) is 4.08. The minimum Gasteiger partial charge on any atom is -0.389 e. The fourth-order valence-electron chi connectivity index (χ4n) is 2.93. The van der Waals surface area contributed by atoms with Crippen LogP contribution in [-0.4, -0.2) is 39.8 Å². The monoisotopic (exact) mass is 298 g/mol. The number of likely N-dealkylation sites (tertiary alicyclic amines) is 1. The lowest BCUT2D eigenvalue weighted by Gasteiger charge is -2.19. The maximum Gasteiger partial charge on any atom is 0.196 e. The van der Waals surface area contributed by atoms with Crippen LogP contribution in [0.15, 0.2) is 18.3 Å². The molecule has 0 amide bonds. The van der Waals surface area contributed by atoms with Crippen LogP contribution >= 0.6 is 0 Å². The van der Waals surface area contributed by atoms with Crippen LogP contribution in [-0.2, 0) is 6.54 Å². The predicted octanol–water partition coefficient (Wildman–Crippen LogP) is 2.52. The molecule has 3 nitrogen and oxygen atoms in total. The van der Waals surface area contributed by atoms with Crippen LogP contribution in [0.3, 0.4) is 0 Å². The molecule has 21 heavy (non-hydrogen) atoms. The Morgan fingerprint density at radius 3 is 2.67 bits per heavy atom. The highest BCUT2D eigenvalue weighted by Crippen LogP contribution is 2.25. The van der Waals surface area contributed by atoms with Crippen LogP contribution in [0.2, 0.25) is 0 Å². The molecule has 0 saturated carbocycles. The minimum atomic E-state index is -1.44. The summed E-state index contributed by atoms with van der Waals surface area (Å²) in [5, 5.41) is 10.3. The lowest BCUT2D eigenvalue weighted by Crippen LogP contribution is -2.31. The van der Waals surface area contributed by atoms with Gasteiger partial charge >= 0.3 is 0 Å². The van der Waals surface area contributed by atoms with Crippen molar-refractivity contribution < 1.29 is 18.3 Å². The topological polar surface area (TPSA) is 28.4 Å². The van der Waals surface area contributed by atoms with E-state index in [0.29, 0.717) is 31.4 Å². The number of rotatable bonds is 3. The van der Waals surface area contributed by atoms with Gasteiger partial charge < -0.3 is 9.67 Å². The van der Waals surface area contributed by atoms with Crippen LogP contribution in [0, 0.1) is 17.5 Å². The van der Waals surface area contributed by atoms with Crippen LogP contribution in [0.1, 0.15) is 13.3 Å². The maximum absolute atomic E-state index is 13.9. The zero-order valence-corrected chi connectivity index (χ0v) is 11.7. The summed E-state index contributed by atoms with van der Waals surface area (Å²) in [6.45, 7) is 4.21. The largest absolute Gasteiger partial charge is 0.389 e. The summed E-state index contributed by atoms with van der Waals surface area (Å²) in [6.07, 6.45) is 2.33. The Balaban J connectivity index is 1.81. The van der Waals surface area contributed by atoms with Gasteiger partial charge in [0, 0.05) is 37.8 Å². The van der Waals surface area contributed by atoms with Crippen LogP contribution < -0.4 is 0 Å². The molecule has 1 fully saturated rings. The summed E-state index contributed by atoms with van der Waals surface area (Å²) < 4.78 is 42.0. The quantitative estimate of drug-likeness (QED) is 0.882. The molecule has 2 aromatic rings. The molecule has 0 bridgehead atoms. The van der Waals surface area contributed by atoms with Gasteiger partial charge in [0.05, 0.1) is 11.1 Å². The predicted molar refractivity (Wildman–Crippen MR) is 73.5 cm³/mol. The van der Waals surface area contributed by atoms with E-state index in [4.69, 9.17) is 0 Å². The second-order valence-electron chi connectivity index (χ2n) is 5.96. The summed E-state index contributed by atoms with van der Waals surface area (Å²) in [4.78, 5) is 2.07. The maximum atomic E-state index is 13.9. The van der Waals surface area contributed by atoms with Crippen LogP contribution in [0.4, 0.5) is 13.2 Å². The standard InChI is InChI=1S/C15H17F3N2O/c1-15(21)3-5-19(9-15)6-7-20-4-2-10-8-11(16)12(17)13(18)14(10)20/h2,4,8,21H,3,5-7,9H2,1H3. The highest BCUT2D eigenvalue weighted by molar-refractivity contribution is 5.81. The molecule has 114 valence electrons. The van der Waals surface area contributed by atoms with Gasteiger partial charge in [-0.05, 0) is 25.5 Å². The minimum absolute atomic E-state index is 0.0832. The Labute approximate surface area is 120 Å². The Hall–Kier alpha value is -1.53. The SMILES string of the molecule is CC1(O)CCN(CCn2ccc3cc(F)c(F)c(F)c32)C1. The summed E-state index contributed by atoms with van der Waals surface area (Å²) in [5.74, 6) is -3.76. The summed E-state index contributed by atoms with van der Waals surface area (Å²) in [6, 6.07) is 2.58. The highest BCUT2D eigenvalue weighted by Gasteiger charge is 2.30. The molecule has 0 aliphatic carbocycles. The van der Waals surface area contributed by atoms with Crippen molar-refractivity contribution >= 4 is 10.9 Å². The number of hydrogen-bond acceptors (Lipinski definition) is 2. The molecule has 1 aliphatic rings. The van der Waals surface area contributed by atoms with E-state index in [1.807, 2.05) is 0 Å². The number of aliphatic hydroxyl groups is 1. The van der Waals surface area contributed by atoms with Gasteiger partial charge in [0.15, 0.2) is 17.5 Å². The molecular weight excluding hydrogens is 281 g/mol. The zero-order valence-electron chi connectivity index (χ0n) is 11.7. The van der Waals surface area contributed by atoms with E-state index in [1.54, 1.807) is 23.8 Å². The molecule has 1 saturated heterocycles. The molecular formula is C15H17F3N2O. The molecule has 0 radical (unpaired) electrons. The number of hydrogen-bond donors (Lipinski definition) is 1.